The number of methoxy groups -OCH3 is 2. The van der Waals surface area contributed by atoms with Crippen molar-refractivity contribution in [2.75, 3.05) is 14.2 Å². The van der Waals surface area contributed by atoms with Gasteiger partial charge >= 0.3 is 0 Å². The van der Waals surface area contributed by atoms with Gasteiger partial charge in [-0.25, -0.2) is 0 Å². The molecule has 0 N–H and O–H groups in total. The Labute approximate surface area is 123 Å². The van der Waals surface area contributed by atoms with Crippen LogP contribution in [0.3, 0.4) is 0 Å². The fraction of sp³-hybridized carbons (Fsp3) is 0.235. The Morgan fingerprint density at radius 2 is 1.95 bits per heavy atom. The SMILES string of the molecule is C#CCn1c2ccccc2c2ccnc(C(OC)OC)c21. The van der Waals surface area contributed by atoms with Gasteiger partial charge in [0.1, 0.15) is 5.69 Å². The van der Waals surface area contributed by atoms with E-state index in [0.29, 0.717) is 6.54 Å². The fourth-order valence-electron chi connectivity index (χ4n) is 2.78. The normalized spacial score (nSPS) is 11.3. The molecule has 0 atom stereocenters. The number of terminal acetylenes is 1. The maximum Gasteiger partial charge on any atom is 0.202 e. The van der Waals surface area contributed by atoms with Gasteiger partial charge < -0.3 is 14.0 Å². The lowest BCUT2D eigenvalue weighted by Gasteiger charge is -2.15. The van der Waals surface area contributed by atoms with Crippen LogP contribution < -0.4 is 0 Å². The first-order chi connectivity index (χ1) is 10.3. The summed E-state index contributed by atoms with van der Waals surface area (Å²) in [6.07, 6.45) is 6.79. The van der Waals surface area contributed by atoms with E-state index < -0.39 is 6.29 Å². The molecule has 4 heteroatoms. The minimum atomic E-state index is -0.519. The maximum atomic E-state index is 5.54. The Morgan fingerprint density at radius 1 is 1.19 bits per heavy atom. The van der Waals surface area contributed by atoms with Gasteiger partial charge in [0.15, 0.2) is 0 Å². The van der Waals surface area contributed by atoms with Crippen molar-refractivity contribution in [1.29, 1.82) is 0 Å². The largest absolute Gasteiger partial charge is 0.350 e. The molecule has 4 nitrogen and oxygen atoms in total. The molecule has 0 aliphatic carbocycles. The van der Waals surface area contributed by atoms with E-state index in [1.165, 1.54) is 0 Å². The second-order valence-electron chi connectivity index (χ2n) is 4.70. The standard InChI is InChI=1S/C17H16N2O2/c1-4-11-19-14-8-6-5-7-12(14)13-9-10-18-15(16(13)19)17(20-2)21-3/h1,5-10,17H,11H2,2-3H3. The summed E-state index contributed by atoms with van der Waals surface area (Å²) in [4.78, 5) is 4.45. The number of para-hydroxylation sites is 1. The third kappa shape index (κ3) is 2.07. The number of hydrogen-bond donors (Lipinski definition) is 0. The Bertz CT molecular complexity index is 826. The van der Waals surface area contributed by atoms with Crippen LogP contribution in [-0.2, 0) is 16.0 Å². The van der Waals surface area contributed by atoms with Crippen LogP contribution in [0.1, 0.15) is 12.0 Å². The highest BCUT2D eigenvalue weighted by Crippen LogP contribution is 2.33. The zero-order valence-electron chi connectivity index (χ0n) is 12.0. The van der Waals surface area contributed by atoms with Crippen LogP contribution in [0.15, 0.2) is 36.5 Å². The third-order valence-corrected chi connectivity index (χ3v) is 3.61. The molecular formula is C17H16N2O2. The van der Waals surface area contributed by atoms with Crippen molar-refractivity contribution < 1.29 is 9.47 Å². The summed E-state index contributed by atoms with van der Waals surface area (Å²) in [5.74, 6) is 2.71. The van der Waals surface area contributed by atoms with Crippen molar-refractivity contribution in [2.45, 2.75) is 12.8 Å². The van der Waals surface area contributed by atoms with E-state index in [-0.39, 0.29) is 0 Å². The number of pyridine rings is 1. The molecule has 0 amide bonds. The van der Waals surface area contributed by atoms with Gasteiger partial charge in [-0.3, -0.25) is 4.98 Å². The molecule has 21 heavy (non-hydrogen) atoms. The Hall–Kier alpha value is -2.35. The summed E-state index contributed by atoms with van der Waals surface area (Å²) in [6, 6.07) is 10.2. The van der Waals surface area contributed by atoms with Gasteiger partial charge in [-0.1, -0.05) is 24.1 Å². The predicted octanol–water partition coefficient (Wildman–Crippen LogP) is 3.11. The van der Waals surface area contributed by atoms with Crippen LogP contribution in [0.4, 0.5) is 0 Å². The number of benzene rings is 1. The number of hydrogen-bond acceptors (Lipinski definition) is 3. The summed E-state index contributed by atoms with van der Waals surface area (Å²) in [5, 5.41) is 2.25. The van der Waals surface area contributed by atoms with Crippen LogP contribution in [-0.4, -0.2) is 23.8 Å². The Kier molecular flexibility index (Phi) is 3.61. The van der Waals surface area contributed by atoms with Crippen LogP contribution in [0.25, 0.3) is 21.8 Å². The van der Waals surface area contributed by atoms with Crippen molar-refractivity contribution >= 4 is 21.8 Å². The second kappa shape index (κ2) is 5.57. The van der Waals surface area contributed by atoms with Gasteiger partial charge in [0, 0.05) is 31.2 Å². The molecule has 1 aromatic carbocycles. The van der Waals surface area contributed by atoms with Crippen LogP contribution in [0.2, 0.25) is 0 Å². The van der Waals surface area contributed by atoms with Gasteiger partial charge in [-0.05, 0) is 12.1 Å². The lowest BCUT2D eigenvalue weighted by Crippen LogP contribution is -2.09. The Balaban J connectivity index is 2.44. The van der Waals surface area contributed by atoms with E-state index >= 15 is 0 Å². The van der Waals surface area contributed by atoms with Gasteiger partial charge in [0.05, 0.1) is 17.6 Å². The van der Waals surface area contributed by atoms with Gasteiger partial charge in [0.25, 0.3) is 0 Å². The number of nitrogens with zero attached hydrogens (tertiary/aromatic N) is 2. The summed E-state index contributed by atoms with van der Waals surface area (Å²) in [6.45, 7) is 0.475. The smallest absolute Gasteiger partial charge is 0.202 e. The number of fused-ring (bicyclic) bond motifs is 3. The highest BCUT2D eigenvalue weighted by Gasteiger charge is 2.20. The summed E-state index contributed by atoms with van der Waals surface area (Å²) in [7, 11) is 3.20. The molecule has 3 aromatic rings. The van der Waals surface area contributed by atoms with Crippen LogP contribution in [0.5, 0.6) is 0 Å². The minimum absolute atomic E-state index is 0.475. The quantitative estimate of drug-likeness (QED) is 0.544. The monoisotopic (exact) mass is 280 g/mol. The molecule has 0 unspecified atom stereocenters. The van der Waals surface area contributed by atoms with E-state index in [2.05, 4.69) is 27.6 Å². The number of rotatable bonds is 4. The number of aromatic nitrogens is 2. The Morgan fingerprint density at radius 3 is 2.67 bits per heavy atom. The molecule has 2 heterocycles. The van der Waals surface area contributed by atoms with E-state index in [9.17, 15) is 0 Å². The molecule has 0 bridgehead atoms. The molecule has 3 rings (SSSR count). The van der Waals surface area contributed by atoms with Crippen molar-refractivity contribution in [2.24, 2.45) is 0 Å². The topological polar surface area (TPSA) is 36.3 Å². The second-order valence-corrected chi connectivity index (χ2v) is 4.70. The van der Waals surface area contributed by atoms with Crippen LogP contribution >= 0.6 is 0 Å². The first-order valence-electron chi connectivity index (χ1n) is 6.66. The fourth-order valence-corrected chi connectivity index (χ4v) is 2.78. The summed E-state index contributed by atoms with van der Waals surface area (Å²) >= 11 is 0. The van der Waals surface area contributed by atoms with Gasteiger partial charge in [-0.15, -0.1) is 6.42 Å². The molecule has 0 aliphatic rings. The summed E-state index contributed by atoms with van der Waals surface area (Å²) < 4.78 is 12.8. The lowest BCUT2D eigenvalue weighted by atomic mass is 10.1. The first kappa shape index (κ1) is 13.6. The maximum absolute atomic E-state index is 5.54. The average molecular weight is 280 g/mol. The van der Waals surface area contributed by atoms with E-state index in [1.807, 2.05) is 18.2 Å². The van der Waals surface area contributed by atoms with Crippen molar-refractivity contribution in [3.63, 3.8) is 0 Å². The van der Waals surface area contributed by atoms with Crippen molar-refractivity contribution in [1.82, 2.24) is 9.55 Å². The van der Waals surface area contributed by atoms with E-state index in [4.69, 9.17) is 15.9 Å². The average Bonchev–Trinajstić information content (AvgIpc) is 2.85. The molecular weight excluding hydrogens is 264 g/mol. The molecule has 2 aromatic heterocycles. The van der Waals surface area contributed by atoms with Crippen molar-refractivity contribution in [3.8, 4) is 12.3 Å². The highest BCUT2D eigenvalue weighted by atomic mass is 16.7. The molecule has 0 spiro atoms. The molecule has 0 radical (unpaired) electrons. The van der Waals surface area contributed by atoms with Gasteiger partial charge in [0.2, 0.25) is 6.29 Å². The third-order valence-electron chi connectivity index (χ3n) is 3.61. The zero-order chi connectivity index (χ0) is 14.8. The summed E-state index contributed by atoms with van der Waals surface area (Å²) in [5.41, 5.74) is 2.79. The van der Waals surface area contributed by atoms with E-state index in [0.717, 1.165) is 27.5 Å². The molecule has 0 fully saturated rings. The van der Waals surface area contributed by atoms with Crippen LogP contribution in [0, 0.1) is 12.3 Å². The highest BCUT2D eigenvalue weighted by molar-refractivity contribution is 6.08. The lowest BCUT2D eigenvalue weighted by molar-refractivity contribution is -0.107. The molecule has 0 aliphatic heterocycles. The number of ether oxygens (including phenoxy) is 2. The first-order valence-corrected chi connectivity index (χ1v) is 6.66. The zero-order valence-corrected chi connectivity index (χ0v) is 12.0. The van der Waals surface area contributed by atoms with Gasteiger partial charge in [-0.2, -0.15) is 0 Å². The van der Waals surface area contributed by atoms with E-state index in [1.54, 1.807) is 20.4 Å². The van der Waals surface area contributed by atoms with Crippen molar-refractivity contribution in [3.05, 3.63) is 42.2 Å². The molecule has 106 valence electrons. The molecule has 0 saturated heterocycles. The predicted molar refractivity (Wildman–Crippen MR) is 82.8 cm³/mol. The molecule has 0 saturated carbocycles. The minimum Gasteiger partial charge on any atom is -0.350 e.